The van der Waals surface area contributed by atoms with Crippen LogP contribution in [0.25, 0.3) is 38.1 Å². The number of fused-ring (bicyclic) bond motifs is 6. The lowest BCUT2D eigenvalue weighted by atomic mass is 10.1. The minimum absolute atomic E-state index is 1.21. The Labute approximate surface area is 110 Å². The van der Waals surface area contributed by atoms with Crippen LogP contribution in [0.2, 0.25) is 0 Å². The Kier molecular flexibility index (Phi) is 1.45. The Morgan fingerprint density at radius 3 is 2.32 bits per heavy atom. The van der Waals surface area contributed by atoms with Crippen molar-refractivity contribution in [3.63, 3.8) is 0 Å². The minimum atomic E-state index is 1.21. The molecular weight excluding hydrogens is 230 g/mol. The van der Waals surface area contributed by atoms with Crippen molar-refractivity contribution >= 4 is 38.1 Å². The predicted octanol–water partition coefficient (Wildman–Crippen LogP) is 4.44. The van der Waals surface area contributed by atoms with Crippen LogP contribution in [0.4, 0.5) is 0 Å². The molecule has 2 heterocycles. The number of benzene rings is 2. The van der Waals surface area contributed by atoms with Gasteiger partial charge in [0.25, 0.3) is 0 Å². The third-order valence-corrected chi connectivity index (χ3v) is 4.01. The Morgan fingerprint density at radius 2 is 1.37 bits per heavy atom. The summed E-state index contributed by atoms with van der Waals surface area (Å²) in [5.74, 6) is 0. The molecule has 0 N–H and O–H groups in total. The number of hydrogen-bond donors (Lipinski definition) is 0. The van der Waals surface area contributed by atoms with Gasteiger partial charge >= 0.3 is 0 Å². The largest absolute Gasteiger partial charge is 0.307 e. The molecule has 1 heteroatoms. The maximum atomic E-state index is 3.08. The molecule has 0 amide bonds. The molecule has 19 heavy (non-hydrogen) atoms. The minimum Gasteiger partial charge on any atom is -0.307 e. The lowest BCUT2D eigenvalue weighted by molar-refractivity contribution is 1.37. The van der Waals surface area contributed by atoms with E-state index >= 15 is 0 Å². The molecule has 0 atom stereocenters. The Balaban J connectivity index is 2.32. The lowest BCUT2D eigenvalue weighted by Gasteiger charge is -1.94. The molecule has 86 valence electrons. The average Bonchev–Trinajstić information content (AvgIpc) is 2.99. The van der Waals surface area contributed by atoms with E-state index in [0.717, 1.165) is 0 Å². The van der Waals surface area contributed by atoms with Crippen molar-refractivity contribution in [3.05, 3.63) is 66.7 Å². The molecule has 5 rings (SSSR count). The van der Waals surface area contributed by atoms with E-state index in [1.165, 1.54) is 38.1 Å². The molecule has 0 unspecified atom stereocenters. The summed E-state index contributed by atoms with van der Waals surface area (Å²) in [6.45, 7) is 0. The molecule has 0 aliphatic rings. The van der Waals surface area contributed by atoms with Crippen LogP contribution in [-0.2, 0) is 0 Å². The number of hydrogen-bond acceptors (Lipinski definition) is 0. The van der Waals surface area contributed by atoms with Crippen molar-refractivity contribution in [1.82, 2.24) is 4.40 Å². The van der Waals surface area contributed by atoms with Gasteiger partial charge in [-0.15, -0.1) is 0 Å². The normalized spacial score (nSPS) is 11.8. The molecule has 1 nitrogen and oxygen atoms in total. The maximum absolute atomic E-state index is 3.08. The second kappa shape index (κ2) is 2.99. The first kappa shape index (κ1) is 9.24. The van der Waals surface area contributed by atoms with Crippen LogP contribution in [0, 0.1) is 12.1 Å². The molecule has 0 spiro atoms. The number of para-hydroxylation sites is 2. The van der Waals surface area contributed by atoms with Crippen LogP contribution in [0.5, 0.6) is 0 Å². The smallest absolute Gasteiger partial charge is 0.0631 e. The maximum Gasteiger partial charge on any atom is 0.0631 e. The van der Waals surface area contributed by atoms with Gasteiger partial charge in [0.1, 0.15) is 0 Å². The third kappa shape index (κ3) is 0.949. The fourth-order valence-corrected chi connectivity index (χ4v) is 3.26. The van der Waals surface area contributed by atoms with E-state index in [1.54, 1.807) is 0 Å². The second-order valence-corrected chi connectivity index (χ2v) is 4.93. The highest BCUT2D eigenvalue weighted by Gasteiger charge is 2.15. The quantitative estimate of drug-likeness (QED) is 0.376. The monoisotopic (exact) mass is 239 g/mol. The molecule has 3 aromatic carbocycles. The van der Waals surface area contributed by atoms with Gasteiger partial charge < -0.3 is 4.40 Å². The van der Waals surface area contributed by atoms with Crippen molar-refractivity contribution in [3.8, 4) is 0 Å². The molecule has 0 saturated heterocycles. The van der Waals surface area contributed by atoms with Gasteiger partial charge in [-0.1, -0.05) is 48.5 Å². The van der Waals surface area contributed by atoms with E-state index in [0.29, 0.717) is 0 Å². The molecule has 0 aliphatic heterocycles. The lowest BCUT2D eigenvalue weighted by Crippen LogP contribution is -1.78. The highest BCUT2D eigenvalue weighted by molar-refractivity contribution is 6.22. The van der Waals surface area contributed by atoms with Crippen LogP contribution >= 0.6 is 0 Å². The number of rotatable bonds is 0. The Hall–Kier alpha value is -2.72. The Bertz CT molecular complexity index is 972. The van der Waals surface area contributed by atoms with E-state index in [-0.39, 0.29) is 0 Å². The molecule has 0 aliphatic carbocycles. The summed E-state index contributed by atoms with van der Waals surface area (Å²) in [7, 11) is 0. The first-order chi connectivity index (χ1) is 9.45. The highest BCUT2D eigenvalue weighted by atomic mass is 14.9. The Morgan fingerprint density at radius 1 is 0.632 bits per heavy atom. The highest BCUT2D eigenvalue weighted by Crippen LogP contribution is 2.37. The summed E-state index contributed by atoms with van der Waals surface area (Å²) in [5.41, 5.74) is 3.79. The number of aromatic nitrogens is 1. The van der Waals surface area contributed by atoms with Gasteiger partial charge in [-0.3, -0.25) is 0 Å². The molecule has 0 saturated carbocycles. The SMILES string of the molecule is c1cc2c3cccc4c5ccccc5n(c2cc#1)c34. The van der Waals surface area contributed by atoms with Crippen molar-refractivity contribution < 1.29 is 0 Å². The molecule has 5 aromatic rings. The van der Waals surface area contributed by atoms with Gasteiger partial charge in [0.15, 0.2) is 0 Å². The standard InChI is InChI=1S/C18H9N/c1-3-10-16-12(6-1)14-8-5-9-15-13-7-2-4-11-17(13)19(16)18(14)15/h1,3,5-11H. The molecule has 0 fully saturated rings. The van der Waals surface area contributed by atoms with E-state index in [9.17, 15) is 0 Å². The van der Waals surface area contributed by atoms with Crippen LogP contribution in [0.3, 0.4) is 0 Å². The van der Waals surface area contributed by atoms with E-state index in [4.69, 9.17) is 0 Å². The van der Waals surface area contributed by atoms with Gasteiger partial charge in [0, 0.05) is 27.6 Å². The second-order valence-electron chi connectivity index (χ2n) is 4.93. The number of nitrogens with zero attached hydrogens (tertiary/aromatic N) is 1. The van der Waals surface area contributed by atoms with Gasteiger partial charge in [-0.05, 0) is 12.1 Å². The van der Waals surface area contributed by atoms with Crippen molar-refractivity contribution in [2.75, 3.05) is 0 Å². The van der Waals surface area contributed by atoms with E-state index in [2.05, 4.69) is 59.0 Å². The zero-order valence-electron chi connectivity index (χ0n) is 10.1. The summed E-state index contributed by atoms with van der Waals surface area (Å²) in [4.78, 5) is 0. The van der Waals surface area contributed by atoms with Gasteiger partial charge in [0.05, 0.1) is 16.6 Å². The summed E-state index contributed by atoms with van der Waals surface area (Å²) >= 11 is 0. The average molecular weight is 239 g/mol. The first-order valence-electron chi connectivity index (χ1n) is 6.40. The molecular formula is C18H9N. The van der Waals surface area contributed by atoms with Crippen LogP contribution in [0.15, 0.2) is 54.6 Å². The fraction of sp³-hybridized carbons (Fsp3) is 0. The topological polar surface area (TPSA) is 4.41 Å². The molecule has 0 radical (unpaired) electrons. The van der Waals surface area contributed by atoms with E-state index < -0.39 is 0 Å². The van der Waals surface area contributed by atoms with Crippen molar-refractivity contribution in [2.24, 2.45) is 0 Å². The summed E-state index contributed by atoms with van der Waals surface area (Å²) in [6, 6.07) is 25.3. The van der Waals surface area contributed by atoms with Gasteiger partial charge in [0.2, 0.25) is 0 Å². The van der Waals surface area contributed by atoms with E-state index in [1.807, 2.05) is 12.1 Å². The van der Waals surface area contributed by atoms with Crippen LogP contribution < -0.4 is 0 Å². The fourth-order valence-electron chi connectivity index (χ4n) is 3.26. The summed E-state index contributed by atoms with van der Waals surface area (Å²) in [5, 5.41) is 5.20. The summed E-state index contributed by atoms with van der Waals surface area (Å²) < 4.78 is 2.35. The van der Waals surface area contributed by atoms with Crippen LogP contribution in [-0.4, -0.2) is 4.40 Å². The third-order valence-electron chi connectivity index (χ3n) is 4.01. The van der Waals surface area contributed by atoms with Crippen molar-refractivity contribution in [1.29, 1.82) is 0 Å². The first-order valence-corrected chi connectivity index (χ1v) is 6.40. The summed E-state index contributed by atoms with van der Waals surface area (Å²) in [6.07, 6.45) is 0. The van der Waals surface area contributed by atoms with Crippen molar-refractivity contribution in [2.45, 2.75) is 0 Å². The molecule has 0 bridgehead atoms. The zero-order chi connectivity index (χ0) is 12.4. The zero-order valence-corrected chi connectivity index (χ0v) is 10.1. The van der Waals surface area contributed by atoms with Gasteiger partial charge in [-0.2, -0.15) is 0 Å². The predicted molar refractivity (Wildman–Crippen MR) is 78.8 cm³/mol. The van der Waals surface area contributed by atoms with Gasteiger partial charge in [-0.25, -0.2) is 0 Å². The molecule has 2 aromatic heterocycles. The van der Waals surface area contributed by atoms with Crippen LogP contribution in [0.1, 0.15) is 0 Å².